The molecule has 0 unspecified atom stereocenters. The lowest BCUT2D eigenvalue weighted by molar-refractivity contribution is 0.330. The predicted molar refractivity (Wildman–Crippen MR) is 81.1 cm³/mol. The fourth-order valence-corrected chi connectivity index (χ4v) is 3.97. The zero-order valence-electron chi connectivity index (χ0n) is 12.3. The van der Waals surface area contributed by atoms with Gasteiger partial charge in [-0.3, -0.25) is 0 Å². The molecule has 21 heavy (non-hydrogen) atoms. The Morgan fingerprint density at radius 3 is 2.24 bits per heavy atom. The van der Waals surface area contributed by atoms with E-state index in [1.165, 1.54) is 24.3 Å². The molecule has 0 spiro atoms. The molecule has 1 aliphatic rings. The molecule has 0 saturated heterocycles. The molecule has 4 nitrogen and oxygen atoms in total. The molecule has 1 saturated carbocycles. The number of benzene rings is 1. The van der Waals surface area contributed by atoms with Crippen LogP contribution in [0, 0.1) is 5.82 Å². The number of nitrogens with one attached hydrogen (secondary N) is 2. The standard InChI is InChI=1S/C15H23FN2O2S/c1-2-11-17-13-5-7-14(8-6-13)18-21(19,20)15-9-3-12(16)4-10-15/h3-4,9-10,13-14,17-18H,2,5-8,11H2,1H3. The van der Waals surface area contributed by atoms with Crippen LogP contribution in [0.5, 0.6) is 0 Å². The first-order chi connectivity index (χ1) is 10.0. The van der Waals surface area contributed by atoms with Gasteiger partial charge >= 0.3 is 0 Å². The van der Waals surface area contributed by atoms with E-state index in [0.29, 0.717) is 6.04 Å². The fourth-order valence-electron chi connectivity index (χ4n) is 2.67. The Hall–Kier alpha value is -0.980. The Morgan fingerprint density at radius 1 is 1.10 bits per heavy atom. The van der Waals surface area contributed by atoms with E-state index < -0.39 is 15.8 Å². The van der Waals surface area contributed by atoms with Crippen LogP contribution in [0.2, 0.25) is 0 Å². The van der Waals surface area contributed by atoms with Gasteiger partial charge in [-0.05, 0) is 62.9 Å². The van der Waals surface area contributed by atoms with Crippen molar-refractivity contribution in [3.05, 3.63) is 30.1 Å². The predicted octanol–water partition coefficient (Wildman–Crippen LogP) is 2.41. The van der Waals surface area contributed by atoms with Crippen molar-refractivity contribution in [2.45, 2.75) is 56.0 Å². The van der Waals surface area contributed by atoms with Crippen molar-refractivity contribution >= 4 is 10.0 Å². The normalized spacial score (nSPS) is 23.1. The van der Waals surface area contributed by atoms with Crippen LogP contribution in [-0.2, 0) is 10.0 Å². The van der Waals surface area contributed by atoms with E-state index in [0.717, 1.165) is 38.6 Å². The molecule has 2 rings (SSSR count). The molecule has 1 aromatic rings. The van der Waals surface area contributed by atoms with Gasteiger partial charge in [-0.25, -0.2) is 17.5 Å². The lowest BCUT2D eigenvalue weighted by Gasteiger charge is -2.29. The van der Waals surface area contributed by atoms with Crippen molar-refractivity contribution in [3.63, 3.8) is 0 Å². The average Bonchev–Trinajstić information content (AvgIpc) is 2.47. The van der Waals surface area contributed by atoms with Crippen LogP contribution in [0.4, 0.5) is 4.39 Å². The summed E-state index contributed by atoms with van der Waals surface area (Å²) >= 11 is 0. The highest BCUT2D eigenvalue weighted by molar-refractivity contribution is 7.89. The molecule has 0 aliphatic heterocycles. The van der Waals surface area contributed by atoms with Crippen LogP contribution in [0.25, 0.3) is 0 Å². The summed E-state index contributed by atoms with van der Waals surface area (Å²) in [5.74, 6) is -0.434. The summed E-state index contributed by atoms with van der Waals surface area (Å²) in [5.41, 5.74) is 0. The van der Waals surface area contributed by atoms with Crippen molar-refractivity contribution in [2.24, 2.45) is 0 Å². The second-order valence-corrected chi connectivity index (χ2v) is 7.29. The van der Waals surface area contributed by atoms with Crippen LogP contribution in [0.3, 0.4) is 0 Å². The summed E-state index contributed by atoms with van der Waals surface area (Å²) in [4.78, 5) is 0.120. The second-order valence-electron chi connectivity index (χ2n) is 5.58. The zero-order chi connectivity index (χ0) is 15.3. The third-order valence-corrected chi connectivity index (χ3v) is 5.39. The van der Waals surface area contributed by atoms with Gasteiger partial charge in [-0.1, -0.05) is 6.92 Å². The monoisotopic (exact) mass is 314 g/mol. The largest absolute Gasteiger partial charge is 0.314 e. The molecule has 118 valence electrons. The van der Waals surface area contributed by atoms with E-state index in [1.54, 1.807) is 0 Å². The topological polar surface area (TPSA) is 58.2 Å². The summed E-state index contributed by atoms with van der Waals surface area (Å²) in [7, 11) is -3.55. The first kappa shape index (κ1) is 16.4. The van der Waals surface area contributed by atoms with Crippen molar-refractivity contribution < 1.29 is 12.8 Å². The SMILES string of the molecule is CCCNC1CCC(NS(=O)(=O)c2ccc(F)cc2)CC1. The van der Waals surface area contributed by atoms with Gasteiger partial charge in [0, 0.05) is 12.1 Å². The summed E-state index contributed by atoms with van der Waals surface area (Å²) < 4.78 is 40.0. The van der Waals surface area contributed by atoms with Crippen molar-refractivity contribution in [1.29, 1.82) is 0 Å². The number of sulfonamides is 1. The zero-order valence-corrected chi connectivity index (χ0v) is 13.1. The van der Waals surface area contributed by atoms with Crippen molar-refractivity contribution in [3.8, 4) is 0 Å². The molecular weight excluding hydrogens is 291 g/mol. The highest BCUT2D eigenvalue weighted by atomic mass is 32.2. The van der Waals surface area contributed by atoms with Gasteiger partial charge in [0.2, 0.25) is 10.0 Å². The quantitative estimate of drug-likeness (QED) is 0.848. The summed E-state index contributed by atoms with van der Waals surface area (Å²) in [6, 6.07) is 5.40. The van der Waals surface area contributed by atoms with Crippen LogP contribution in [0.1, 0.15) is 39.0 Å². The lowest BCUT2D eigenvalue weighted by Crippen LogP contribution is -2.42. The maximum atomic E-state index is 12.9. The van der Waals surface area contributed by atoms with Crippen LogP contribution in [0.15, 0.2) is 29.2 Å². The maximum Gasteiger partial charge on any atom is 0.240 e. The molecule has 6 heteroatoms. The Labute approximate surface area is 126 Å². The molecule has 1 aliphatic carbocycles. The third kappa shape index (κ3) is 4.76. The van der Waals surface area contributed by atoms with E-state index in [4.69, 9.17) is 0 Å². The van der Waals surface area contributed by atoms with E-state index in [9.17, 15) is 12.8 Å². The van der Waals surface area contributed by atoms with E-state index in [2.05, 4.69) is 17.0 Å². The highest BCUT2D eigenvalue weighted by Crippen LogP contribution is 2.21. The van der Waals surface area contributed by atoms with E-state index in [-0.39, 0.29) is 10.9 Å². The Morgan fingerprint density at radius 2 is 1.67 bits per heavy atom. The average molecular weight is 314 g/mol. The van der Waals surface area contributed by atoms with E-state index >= 15 is 0 Å². The first-order valence-corrected chi connectivity index (χ1v) is 9.01. The molecule has 2 N–H and O–H groups in total. The highest BCUT2D eigenvalue weighted by Gasteiger charge is 2.25. The molecule has 0 aromatic heterocycles. The Bertz CT molecular complexity index is 537. The third-order valence-electron chi connectivity index (χ3n) is 3.86. The number of halogens is 1. The number of hydrogen-bond acceptors (Lipinski definition) is 3. The summed E-state index contributed by atoms with van der Waals surface area (Å²) in [6.07, 6.45) is 4.74. The van der Waals surface area contributed by atoms with Crippen LogP contribution >= 0.6 is 0 Å². The van der Waals surface area contributed by atoms with Gasteiger partial charge in [0.25, 0.3) is 0 Å². The summed E-state index contributed by atoms with van der Waals surface area (Å²) in [6.45, 7) is 3.14. The second kappa shape index (κ2) is 7.33. The van der Waals surface area contributed by atoms with Gasteiger partial charge in [-0.2, -0.15) is 0 Å². The molecule has 0 amide bonds. The smallest absolute Gasteiger partial charge is 0.240 e. The molecule has 0 radical (unpaired) electrons. The molecule has 0 atom stereocenters. The molecule has 0 heterocycles. The van der Waals surface area contributed by atoms with E-state index in [1.807, 2.05) is 0 Å². The van der Waals surface area contributed by atoms with Crippen LogP contribution in [-0.4, -0.2) is 27.0 Å². The fraction of sp³-hybridized carbons (Fsp3) is 0.600. The molecule has 1 fully saturated rings. The minimum Gasteiger partial charge on any atom is -0.314 e. The minimum atomic E-state index is -3.55. The Balaban J connectivity index is 1.89. The Kier molecular flexibility index (Phi) is 5.72. The number of rotatable bonds is 6. The van der Waals surface area contributed by atoms with Gasteiger partial charge in [0.05, 0.1) is 4.90 Å². The van der Waals surface area contributed by atoms with Gasteiger partial charge < -0.3 is 5.32 Å². The van der Waals surface area contributed by atoms with Gasteiger partial charge in [-0.15, -0.1) is 0 Å². The van der Waals surface area contributed by atoms with Crippen molar-refractivity contribution in [2.75, 3.05) is 6.54 Å². The minimum absolute atomic E-state index is 0.0280. The van der Waals surface area contributed by atoms with Gasteiger partial charge in [0.15, 0.2) is 0 Å². The number of hydrogen-bond donors (Lipinski definition) is 2. The maximum absolute atomic E-state index is 12.9. The van der Waals surface area contributed by atoms with Crippen molar-refractivity contribution in [1.82, 2.24) is 10.0 Å². The molecular formula is C15H23FN2O2S. The van der Waals surface area contributed by atoms with Gasteiger partial charge in [0.1, 0.15) is 5.82 Å². The first-order valence-electron chi connectivity index (χ1n) is 7.52. The van der Waals surface area contributed by atoms with Crippen LogP contribution < -0.4 is 10.0 Å². The lowest BCUT2D eigenvalue weighted by atomic mass is 9.92. The molecule has 1 aromatic carbocycles. The summed E-state index contributed by atoms with van der Waals surface area (Å²) in [5, 5.41) is 3.47. The molecule has 0 bridgehead atoms.